The van der Waals surface area contributed by atoms with Gasteiger partial charge in [0, 0.05) is 12.1 Å². The Kier molecular flexibility index (Phi) is 2.73. The van der Waals surface area contributed by atoms with E-state index in [0.717, 1.165) is 0 Å². The van der Waals surface area contributed by atoms with Gasteiger partial charge < -0.3 is 5.73 Å². The Labute approximate surface area is 86.6 Å². The maximum atomic E-state index is 13.5. The highest BCUT2D eigenvalue weighted by atomic mass is 19.1. The second kappa shape index (κ2) is 4.18. The molecular formula is C10H11FN4. The number of nitrogens with zero attached hydrogens (tertiary/aromatic N) is 3. The Morgan fingerprint density at radius 2 is 2.20 bits per heavy atom. The van der Waals surface area contributed by atoms with E-state index >= 15 is 0 Å². The Bertz CT molecular complexity index is 427. The van der Waals surface area contributed by atoms with Crippen LogP contribution in [0.25, 0.3) is 0 Å². The van der Waals surface area contributed by atoms with Crippen LogP contribution in [-0.4, -0.2) is 21.3 Å². The molecule has 78 valence electrons. The number of aromatic nitrogens is 3. The van der Waals surface area contributed by atoms with E-state index in [1.54, 1.807) is 22.9 Å². The molecule has 4 nitrogen and oxygen atoms in total. The van der Waals surface area contributed by atoms with Crippen molar-refractivity contribution >= 4 is 0 Å². The van der Waals surface area contributed by atoms with Gasteiger partial charge in [-0.3, -0.25) is 0 Å². The molecule has 0 aliphatic heterocycles. The van der Waals surface area contributed by atoms with E-state index in [0.29, 0.717) is 5.56 Å². The monoisotopic (exact) mass is 206 g/mol. The predicted molar refractivity (Wildman–Crippen MR) is 53.6 cm³/mol. The minimum Gasteiger partial charge on any atom is -0.328 e. The van der Waals surface area contributed by atoms with Crippen molar-refractivity contribution in [3.8, 4) is 0 Å². The molecular weight excluding hydrogens is 195 g/mol. The summed E-state index contributed by atoms with van der Waals surface area (Å²) in [6.45, 7) is 0.282. The van der Waals surface area contributed by atoms with Crippen molar-refractivity contribution in [1.82, 2.24) is 14.8 Å². The standard InChI is InChI=1S/C10H11FN4/c11-9-4-2-1-3-8(9)10(5-12)15-7-13-6-14-15/h1-4,6-7,10H,5,12H2. The number of benzene rings is 1. The summed E-state index contributed by atoms with van der Waals surface area (Å²) < 4.78 is 15.1. The van der Waals surface area contributed by atoms with Gasteiger partial charge in [-0.2, -0.15) is 5.10 Å². The molecule has 2 N–H and O–H groups in total. The van der Waals surface area contributed by atoms with Crippen LogP contribution in [-0.2, 0) is 0 Å². The average Bonchev–Trinajstić information content (AvgIpc) is 2.75. The summed E-state index contributed by atoms with van der Waals surface area (Å²) in [6.07, 6.45) is 2.94. The van der Waals surface area contributed by atoms with Gasteiger partial charge in [-0.1, -0.05) is 18.2 Å². The van der Waals surface area contributed by atoms with Gasteiger partial charge in [0.05, 0.1) is 6.04 Å². The Balaban J connectivity index is 2.40. The minimum absolute atomic E-state index is 0.275. The lowest BCUT2D eigenvalue weighted by atomic mass is 10.1. The Hall–Kier alpha value is -1.75. The van der Waals surface area contributed by atoms with Crippen molar-refractivity contribution < 1.29 is 4.39 Å². The summed E-state index contributed by atoms with van der Waals surface area (Å²) in [5.74, 6) is -0.275. The summed E-state index contributed by atoms with van der Waals surface area (Å²) in [5, 5.41) is 3.96. The number of hydrogen-bond donors (Lipinski definition) is 1. The van der Waals surface area contributed by atoms with Crippen LogP contribution in [0.1, 0.15) is 11.6 Å². The highest BCUT2D eigenvalue weighted by Crippen LogP contribution is 2.18. The van der Waals surface area contributed by atoms with Gasteiger partial charge in [-0.15, -0.1) is 0 Å². The Morgan fingerprint density at radius 1 is 1.40 bits per heavy atom. The van der Waals surface area contributed by atoms with Crippen molar-refractivity contribution in [1.29, 1.82) is 0 Å². The van der Waals surface area contributed by atoms with E-state index in [9.17, 15) is 4.39 Å². The molecule has 2 rings (SSSR count). The van der Waals surface area contributed by atoms with Crippen LogP contribution in [0.15, 0.2) is 36.9 Å². The largest absolute Gasteiger partial charge is 0.328 e. The minimum atomic E-state index is -0.298. The zero-order valence-corrected chi connectivity index (χ0v) is 8.05. The molecule has 1 heterocycles. The molecule has 1 aromatic heterocycles. The van der Waals surface area contributed by atoms with Gasteiger partial charge in [-0.25, -0.2) is 14.1 Å². The van der Waals surface area contributed by atoms with Gasteiger partial charge in [0.15, 0.2) is 0 Å². The van der Waals surface area contributed by atoms with Crippen LogP contribution < -0.4 is 5.73 Å². The molecule has 0 radical (unpaired) electrons. The maximum Gasteiger partial charge on any atom is 0.137 e. The third-order valence-electron chi connectivity index (χ3n) is 2.24. The fraction of sp³-hybridized carbons (Fsp3) is 0.200. The van der Waals surface area contributed by atoms with Gasteiger partial charge in [0.1, 0.15) is 18.5 Å². The van der Waals surface area contributed by atoms with E-state index in [-0.39, 0.29) is 18.4 Å². The number of rotatable bonds is 3. The quantitative estimate of drug-likeness (QED) is 0.813. The maximum absolute atomic E-state index is 13.5. The topological polar surface area (TPSA) is 56.7 Å². The summed E-state index contributed by atoms with van der Waals surface area (Å²) in [7, 11) is 0. The molecule has 1 aromatic carbocycles. The molecule has 0 saturated heterocycles. The molecule has 0 bridgehead atoms. The van der Waals surface area contributed by atoms with Crippen molar-refractivity contribution in [2.75, 3.05) is 6.54 Å². The molecule has 1 unspecified atom stereocenters. The van der Waals surface area contributed by atoms with E-state index in [1.807, 2.05) is 0 Å². The molecule has 5 heteroatoms. The molecule has 0 amide bonds. The first-order valence-corrected chi connectivity index (χ1v) is 4.61. The second-order valence-electron chi connectivity index (χ2n) is 3.15. The second-order valence-corrected chi connectivity index (χ2v) is 3.15. The summed E-state index contributed by atoms with van der Waals surface area (Å²) in [6, 6.07) is 6.24. The predicted octanol–water partition coefficient (Wildman–Crippen LogP) is 0.965. The van der Waals surface area contributed by atoms with Gasteiger partial charge in [-0.05, 0) is 6.07 Å². The Morgan fingerprint density at radius 3 is 2.80 bits per heavy atom. The fourth-order valence-electron chi connectivity index (χ4n) is 1.50. The molecule has 0 spiro atoms. The van der Waals surface area contributed by atoms with Crippen molar-refractivity contribution in [3.05, 3.63) is 48.3 Å². The zero-order valence-electron chi connectivity index (χ0n) is 8.05. The molecule has 0 saturated carbocycles. The fourth-order valence-corrected chi connectivity index (χ4v) is 1.50. The van der Waals surface area contributed by atoms with Crippen LogP contribution in [0.3, 0.4) is 0 Å². The van der Waals surface area contributed by atoms with E-state index in [2.05, 4.69) is 10.1 Å². The van der Waals surface area contributed by atoms with Crippen molar-refractivity contribution in [3.63, 3.8) is 0 Å². The van der Waals surface area contributed by atoms with Crippen molar-refractivity contribution in [2.45, 2.75) is 6.04 Å². The molecule has 0 fully saturated rings. The van der Waals surface area contributed by atoms with Gasteiger partial charge >= 0.3 is 0 Å². The third kappa shape index (κ3) is 1.87. The van der Waals surface area contributed by atoms with E-state index < -0.39 is 0 Å². The molecule has 15 heavy (non-hydrogen) atoms. The van der Waals surface area contributed by atoms with Gasteiger partial charge in [0.2, 0.25) is 0 Å². The first-order chi connectivity index (χ1) is 7.33. The number of nitrogens with two attached hydrogens (primary N) is 1. The smallest absolute Gasteiger partial charge is 0.137 e. The average molecular weight is 206 g/mol. The van der Waals surface area contributed by atoms with E-state index in [1.165, 1.54) is 18.7 Å². The highest BCUT2D eigenvalue weighted by molar-refractivity contribution is 5.21. The molecule has 0 aliphatic rings. The van der Waals surface area contributed by atoms with Crippen LogP contribution >= 0.6 is 0 Å². The molecule has 0 aliphatic carbocycles. The summed E-state index contributed by atoms with van der Waals surface area (Å²) in [5.41, 5.74) is 6.14. The lowest BCUT2D eigenvalue weighted by molar-refractivity contribution is 0.497. The zero-order chi connectivity index (χ0) is 10.7. The van der Waals surface area contributed by atoms with Crippen molar-refractivity contribution in [2.24, 2.45) is 5.73 Å². The SMILES string of the molecule is NCC(c1ccccc1F)n1cncn1. The summed E-state index contributed by atoms with van der Waals surface area (Å²) in [4.78, 5) is 3.82. The normalized spacial score (nSPS) is 12.7. The lowest BCUT2D eigenvalue weighted by Crippen LogP contribution is -2.21. The van der Waals surface area contributed by atoms with E-state index in [4.69, 9.17) is 5.73 Å². The highest BCUT2D eigenvalue weighted by Gasteiger charge is 2.15. The lowest BCUT2D eigenvalue weighted by Gasteiger charge is -2.15. The number of halogens is 1. The number of hydrogen-bond acceptors (Lipinski definition) is 3. The van der Waals surface area contributed by atoms with Crippen LogP contribution in [0, 0.1) is 5.82 Å². The molecule has 1 atom stereocenters. The molecule has 2 aromatic rings. The van der Waals surface area contributed by atoms with Crippen LogP contribution in [0.5, 0.6) is 0 Å². The van der Waals surface area contributed by atoms with Crippen LogP contribution in [0.2, 0.25) is 0 Å². The third-order valence-corrected chi connectivity index (χ3v) is 2.24. The first-order valence-electron chi connectivity index (χ1n) is 4.61. The first kappa shape index (κ1) is 9.79. The van der Waals surface area contributed by atoms with Crippen LogP contribution in [0.4, 0.5) is 4.39 Å². The summed E-state index contributed by atoms with van der Waals surface area (Å²) >= 11 is 0. The van der Waals surface area contributed by atoms with Gasteiger partial charge in [0.25, 0.3) is 0 Å².